The fraction of sp³-hybridized carbons (Fsp3) is 0.348. The molecule has 0 fully saturated rings. The third kappa shape index (κ3) is 4.61. The summed E-state index contributed by atoms with van der Waals surface area (Å²) >= 11 is 0. The maximum atomic E-state index is 12.4. The SMILES string of the molecule is Cc1ccc(OCC(O)CNCc2cc3c(C)ccc(C)c3[nH]c2=O)cc1C. The lowest BCUT2D eigenvalue weighted by molar-refractivity contribution is 0.106. The van der Waals surface area contributed by atoms with E-state index >= 15 is 0 Å². The van der Waals surface area contributed by atoms with Crippen molar-refractivity contribution in [3.05, 3.63) is 74.6 Å². The Morgan fingerprint density at radius 2 is 1.71 bits per heavy atom. The highest BCUT2D eigenvalue weighted by Gasteiger charge is 2.09. The summed E-state index contributed by atoms with van der Waals surface area (Å²) in [5.41, 5.74) is 5.98. The van der Waals surface area contributed by atoms with E-state index in [0.29, 0.717) is 18.7 Å². The van der Waals surface area contributed by atoms with Crippen LogP contribution in [0.15, 0.2) is 41.2 Å². The molecule has 3 aromatic rings. The van der Waals surface area contributed by atoms with Gasteiger partial charge in [0, 0.05) is 24.0 Å². The number of benzene rings is 2. The summed E-state index contributed by atoms with van der Waals surface area (Å²) in [6.45, 7) is 9.03. The van der Waals surface area contributed by atoms with Crippen LogP contribution in [0.5, 0.6) is 5.75 Å². The highest BCUT2D eigenvalue weighted by atomic mass is 16.5. The van der Waals surface area contributed by atoms with Crippen molar-refractivity contribution in [2.24, 2.45) is 0 Å². The van der Waals surface area contributed by atoms with Gasteiger partial charge in [0.25, 0.3) is 5.56 Å². The zero-order valence-corrected chi connectivity index (χ0v) is 16.9. The summed E-state index contributed by atoms with van der Waals surface area (Å²) in [5.74, 6) is 0.749. The maximum absolute atomic E-state index is 12.4. The zero-order valence-electron chi connectivity index (χ0n) is 16.9. The van der Waals surface area contributed by atoms with E-state index in [1.807, 2.05) is 51.1 Å². The molecule has 5 heteroatoms. The average Bonchev–Trinajstić information content (AvgIpc) is 2.66. The molecule has 0 aliphatic heterocycles. The van der Waals surface area contributed by atoms with Crippen LogP contribution >= 0.6 is 0 Å². The van der Waals surface area contributed by atoms with Gasteiger partial charge in [-0.05, 0) is 68.1 Å². The first-order valence-electron chi connectivity index (χ1n) is 9.56. The Bertz CT molecular complexity index is 1040. The highest BCUT2D eigenvalue weighted by molar-refractivity contribution is 5.85. The van der Waals surface area contributed by atoms with Crippen LogP contribution in [0.3, 0.4) is 0 Å². The number of H-pyrrole nitrogens is 1. The molecule has 3 N–H and O–H groups in total. The highest BCUT2D eigenvalue weighted by Crippen LogP contribution is 2.19. The number of nitrogens with one attached hydrogen (secondary N) is 2. The fourth-order valence-electron chi connectivity index (χ4n) is 3.18. The summed E-state index contributed by atoms with van der Waals surface area (Å²) < 4.78 is 5.66. The van der Waals surface area contributed by atoms with Gasteiger partial charge in [0.1, 0.15) is 18.5 Å². The molecule has 0 bridgehead atoms. The lowest BCUT2D eigenvalue weighted by Gasteiger charge is -2.14. The summed E-state index contributed by atoms with van der Waals surface area (Å²) in [7, 11) is 0. The number of hydrogen-bond donors (Lipinski definition) is 3. The number of aromatic amines is 1. The number of aryl methyl sites for hydroxylation is 4. The molecule has 1 aromatic heterocycles. The molecule has 3 rings (SSSR count). The summed E-state index contributed by atoms with van der Waals surface area (Å²) in [4.78, 5) is 15.3. The van der Waals surface area contributed by atoms with Gasteiger partial charge >= 0.3 is 0 Å². The lowest BCUT2D eigenvalue weighted by Crippen LogP contribution is -2.32. The van der Waals surface area contributed by atoms with Crippen LogP contribution in [0.1, 0.15) is 27.8 Å². The molecule has 1 unspecified atom stereocenters. The van der Waals surface area contributed by atoms with E-state index in [0.717, 1.165) is 33.3 Å². The standard InChI is InChI=1S/C23H28N2O3/c1-14-7-8-20(9-17(14)4)28-13-19(26)12-24-11-18-10-21-15(2)5-6-16(3)22(21)25-23(18)27/h5-10,19,24,26H,11-13H2,1-4H3,(H,25,27). The fourth-order valence-corrected chi connectivity index (χ4v) is 3.18. The molecule has 2 aromatic carbocycles. The first kappa shape index (κ1) is 20.1. The van der Waals surface area contributed by atoms with Crippen LogP contribution in [0.25, 0.3) is 10.9 Å². The van der Waals surface area contributed by atoms with Gasteiger partial charge in [0.15, 0.2) is 0 Å². The van der Waals surface area contributed by atoms with Crippen LogP contribution in [-0.4, -0.2) is 29.3 Å². The maximum Gasteiger partial charge on any atom is 0.252 e. The number of pyridine rings is 1. The van der Waals surface area contributed by atoms with Crippen molar-refractivity contribution in [2.75, 3.05) is 13.2 Å². The summed E-state index contributed by atoms with van der Waals surface area (Å²) in [6.07, 6.45) is -0.662. The minimum Gasteiger partial charge on any atom is -0.491 e. The lowest BCUT2D eigenvalue weighted by atomic mass is 10.0. The van der Waals surface area contributed by atoms with E-state index in [9.17, 15) is 9.90 Å². The van der Waals surface area contributed by atoms with Gasteiger partial charge in [0.2, 0.25) is 0 Å². The zero-order chi connectivity index (χ0) is 20.3. The molecule has 0 amide bonds. The van der Waals surface area contributed by atoms with Gasteiger partial charge in [-0.1, -0.05) is 18.2 Å². The molecule has 0 spiro atoms. The van der Waals surface area contributed by atoms with Crippen molar-refractivity contribution in [1.82, 2.24) is 10.3 Å². The summed E-state index contributed by atoms with van der Waals surface area (Å²) in [6, 6.07) is 11.9. The molecule has 5 nitrogen and oxygen atoms in total. The molecule has 1 heterocycles. The van der Waals surface area contributed by atoms with Gasteiger partial charge in [-0.25, -0.2) is 0 Å². The van der Waals surface area contributed by atoms with Gasteiger partial charge in [-0.3, -0.25) is 4.79 Å². The van der Waals surface area contributed by atoms with Crippen molar-refractivity contribution in [3.63, 3.8) is 0 Å². The van der Waals surface area contributed by atoms with Crippen LogP contribution in [-0.2, 0) is 6.54 Å². The van der Waals surface area contributed by atoms with E-state index < -0.39 is 6.10 Å². The minimum atomic E-state index is -0.662. The third-order valence-corrected chi connectivity index (χ3v) is 5.14. The predicted molar refractivity (Wildman–Crippen MR) is 113 cm³/mol. The Morgan fingerprint density at radius 1 is 1.00 bits per heavy atom. The molecule has 0 saturated carbocycles. The van der Waals surface area contributed by atoms with E-state index in [4.69, 9.17) is 4.74 Å². The van der Waals surface area contributed by atoms with Crippen molar-refractivity contribution in [3.8, 4) is 5.75 Å². The monoisotopic (exact) mass is 380 g/mol. The van der Waals surface area contributed by atoms with Crippen molar-refractivity contribution < 1.29 is 9.84 Å². The second kappa shape index (κ2) is 8.59. The van der Waals surface area contributed by atoms with Gasteiger partial charge < -0.3 is 20.1 Å². The molecule has 0 aliphatic rings. The van der Waals surface area contributed by atoms with Crippen LogP contribution in [0.2, 0.25) is 0 Å². The number of aliphatic hydroxyl groups excluding tert-OH is 1. The Kier molecular flexibility index (Phi) is 6.17. The van der Waals surface area contributed by atoms with E-state index in [1.165, 1.54) is 5.56 Å². The molecule has 0 radical (unpaired) electrons. The molecular formula is C23H28N2O3. The van der Waals surface area contributed by atoms with E-state index in [1.54, 1.807) is 0 Å². The number of rotatable bonds is 7. The molecule has 1 atom stereocenters. The van der Waals surface area contributed by atoms with E-state index in [2.05, 4.69) is 23.3 Å². The van der Waals surface area contributed by atoms with E-state index in [-0.39, 0.29) is 12.2 Å². The number of hydrogen-bond acceptors (Lipinski definition) is 4. The molecule has 148 valence electrons. The Morgan fingerprint density at radius 3 is 2.46 bits per heavy atom. The first-order chi connectivity index (χ1) is 13.3. The average molecular weight is 380 g/mol. The molecule has 0 saturated heterocycles. The first-order valence-corrected chi connectivity index (χ1v) is 9.56. The Balaban J connectivity index is 1.57. The van der Waals surface area contributed by atoms with Crippen LogP contribution in [0.4, 0.5) is 0 Å². The minimum absolute atomic E-state index is 0.102. The summed E-state index contributed by atoms with van der Waals surface area (Å²) in [5, 5.41) is 14.4. The van der Waals surface area contributed by atoms with Crippen molar-refractivity contribution in [1.29, 1.82) is 0 Å². The molecular weight excluding hydrogens is 352 g/mol. The number of aromatic nitrogens is 1. The van der Waals surface area contributed by atoms with Gasteiger partial charge in [-0.15, -0.1) is 0 Å². The smallest absolute Gasteiger partial charge is 0.252 e. The Labute approximate surface area is 165 Å². The quantitative estimate of drug-likeness (QED) is 0.588. The van der Waals surface area contributed by atoms with Crippen LogP contribution in [0, 0.1) is 27.7 Å². The predicted octanol–water partition coefficient (Wildman–Crippen LogP) is 3.29. The third-order valence-electron chi connectivity index (χ3n) is 5.14. The number of fused-ring (bicyclic) bond motifs is 1. The number of aliphatic hydroxyl groups is 1. The van der Waals surface area contributed by atoms with Crippen molar-refractivity contribution in [2.45, 2.75) is 40.3 Å². The van der Waals surface area contributed by atoms with Crippen LogP contribution < -0.4 is 15.6 Å². The number of ether oxygens (including phenoxy) is 1. The van der Waals surface area contributed by atoms with Gasteiger partial charge in [0.05, 0.1) is 5.52 Å². The topological polar surface area (TPSA) is 74.3 Å². The molecule has 0 aliphatic carbocycles. The normalized spacial score (nSPS) is 12.3. The second-order valence-electron chi connectivity index (χ2n) is 7.45. The Hall–Kier alpha value is -2.63. The van der Waals surface area contributed by atoms with Crippen molar-refractivity contribution >= 4 is 10.9 Å². The largest absolute Gasteiger partial charge is 0.491 e. The second-order valence-corrected chi connectivity index (χ2v) is 7.45. The molecule has 28 heavy (non-hydrogen) atoms. The van der Waals surface area contributed by atoms with Gasteiger partial charge in [-0.2, -0.15) is 0 Å².